The molecule has 1 amide bonds. The molecule has 0 saturated heterocycles. The van der Waals surface area contributed by atoms with Crippen molar-refractivity contribution >= 4 is 5.91 Å². The molecule has 0 radical (unpaired) electrons. The van der Waals surface area contributed by atoms with E-state index >= 15 is 0 Å². The van der Waals surface area contributed by atoms with E-state index in [9.17, 15) is 13.6 Å². The Morgan fingerprint density at radius 1 is 1.00 bits per heavy atom. The average molecular weight is 433 g/mol. The Morgan fingerprint density at radius 2 is 1.75 bits per heavy atom. The molecule has 0 unspecified atom stereocenters. The Balaban J connectivity index is 1.67. The quantitative estimate of drug-likeness (QED) is 0.459. The SMILES string of the molecule is Cc1cc(F)ccc1-c1cc(Cn2ccoc2=N)cc(C(=O)NCc2ccc(F)cc2)c1. The fourth-order valence-corrected chi connectivity index (χ4v) is 3.53. The van der Waals surface area contributed by atoms with Gasteiger partial charge in [-0.2, -0.15) is 0 Å². The number of benzene rings is 3. The molecule has 4 aromatic rings. The second-order valence-corrected chi connectivity index (χ2v) is 7.52. The first-order valence-electron chi connectivity index (χ1n) is 10.0. The Labute approximate surface area is 183 Å². The highest BCUT2D eigenvalue weighted by Gasteiger charge is 2.13. The molecule has 0 fully saturated rings. The summed E-state index contributed by atoms with van der Waals surface area (Å²) in [6.45, 7) is 2.40. The first-order chi connectivity index (χ1) is 15.4. The largest absolute Gasteiger partial charge is 0.432 e. The van der Waals surface area contributed by atoms with Crippen molar-refractivity contribution in [2.24, 2.45) is 0 Å². The number of hydrogen-bond acceptors (Lipinski definition) is 3. The maximum atomic E-state index is 13.6. The molecule has 0 saturated carbocycles. The minimum atomic E-state index is -0.336. The summed E-state index contributed by atoms with van der Waals surface area (Å²) < 4.78 is 33.4. The van der Waals surface area contributed by atoms with Crippen molar-refractivity contribution in [2.45, 2.75) is 20.0 Å². The van der Waals surface area contributed by atoms with Crippen LogP contribution in [0, 0.1) is 24.0 Å². The predicted molar refractivity (Wildman–Crippen MR) is 116 cm³/mol. The molecule has 4 rings (SSSR count). The lowest BCUT2D eigenvalue weighted by molar-refractivity contribution is 0.0951. The van der Waals surface area contributed by atoms with Gasteiger partial charge in [-0.05, 0) is 77.2 Å². The van der Waals surface area contributed by atoms with Crippen LogP contribution in [0.15, 0.2) is 77.5 Å². The van der Waals surface area contributed by atoms with Crippen LogP contribution in [-0.4, -0.2) is 10.5 Å². The number of aromatic nitrogens is 1. The van der Waals surface area contributed by atoms with Gasteiger partial charge in [0.2, 0.25) is 0 Å². The summed E-state index contributed by atoms with van der Waals surface area (Å²) in [5.74, 6) is -0.953. The summed E-state index contributed by atoms with van der Waals surface area (Å²) in [5.41, 5.74) is 4.31. The van der Waals surface area contributed by atoms with Gasteiger partial charge in [-0.1, -0.05) is 18.2 Å². The predicted octanol–water partition coefficient (Wildman–Crippen LogP) is 4.79. The third-order valence-electron chi connectivity index (χ3n) is 5.16. The van der Waals surface area contributed by atoms with Gasteiger partial charge in [0.25, 0.3) is 11.6 Å². The van der Waals surface area contributed by atoms with E-state index in [4.69, 9.17) is 9.83 Å². The molecule has 0 atom stereocenters. The first kappa shape index (κ1) is 21.2. The number of nitrogens with one attached hydrogen (secondary N) is 2. The molecule has 0 aliphatic rings. The van der Waals surface area contributed by atoms with Crippen LogP contribution in [0.3, 0.4) is 0 Å². The Bertz CT molecular complexity index is 1320. The van der Waals surface area contributed by atoms with Crippen LogP contribution in [0.2, 0.25) is 0 Å². The molecule has 3 aromatic carbocycles. The van der Waals surface area contributed by atoms with Gasteiger partial charge >= 0.3 is 0 Å². The van der Waals surface area contributed by atoms with Crippen molar-refractivity contribution in [1.82, 2.24) is 9.88 Å². The van der Waals surface area contributed by atoms with E-state index in [0.717, 1.165) is 27.8 Å². The van der Waals surface area contributed by atoms with Crippen LogP contribution >= 0.6 is 0 Å². The number of halogens is 2. The van der Waals surface area contributed by atoms with Crippen LogP contribution < -0.4 is 11.0 Å². The van der Waals surface area contributed by atoms with Gasteiger partial charge in [0.05, 0.1) is 6.54 Å². The first-order valence-corrected chi connectivity index (χ1v) is 10.0. The monoisotopic (exact) mass is 433 g/mol. The number of amides is 1. The van der Waals surface area contributed by atoms with Gasteiger partial charge in [0, 0.05) is 18.3 Å². The van der Waals surface area contributed by atoms with E-state index in [0.29, 0.717) is 12.1 Å². The summed E-state index contributed by atoms with van der Waals surface area (Å²) in [6, 6.07) is 15.9. The molecular formula is C25H21F2N3O2. The average Bonchev–Trinajstić information content (AvgIpc) is 3.17. The molecule has 0 aliphatic carbocycles. The van der Waals surface area contributed by atoms with Crippen molar-refractivity contribution in [3.63, 3.8) is 0 Å². The summed E-state index contributed by atoms with van der Waals surface area (Å²) in [7, 11) is 0. The molecule has 1 heterocycles. The van der Waals surface area contributed by atoms with E-state index in [1.54, 1.807) is 41.1 Å². The molecule has 32 heavy (non-hydrogen) atoms. The van der Waals surface area contributed by atoms with Crippen LogP contribution in [0.5, 0.6) is 0 Å². The van der Waals surface area contributed by atoms with Crippen LogP contribution in [0.25, 0.3) is 11.1 Å². The van der Waals surface area contributed by atoms with Gasteiger partial charge in [-0.25, -0.2) is 8.78 Å². The van der Waals surface area contributed by atoms with Crippen molar-refractivity contribution < 1.29 is 18.0 Å². The fourth-order valence-electron chi connectivity index (χ4n) is 3.53. The fraction of sp³-hybridized carbons (Fsp3) is 0.120. The van der Waals surface area contributed by atoms with E-state index in [2.05, 4.69) is 5.32 Å². The molecule has 7 heteroatoms. The van der Waals surface area contributed by atoms with Crippen LogP contribution in [0.4, 0.5) is 8.78 Å². The molecule has 0 aliphatic heterocycles. The van der Waals surface area contributed by atoms with Gasteiger partial charge in [-0.3, -0.25) is 14.8 Å². The summed E-state index contributed by atoms with van der Waals surface area (Å²) in [4.78, 5) is 12.9. The normalized spacial score (nSPS) is 10.8. The Hall–Kier alpha value is -4.00. The number of oxazole rings is 1. The van der Waals surface area contributed by atoms with E-state index < -0.39 is 0 Å². The van der Waals surface area contributed by atoms with E-state index in [1.807, 2.05) is 13.0 Å². The van der Waals surface area contributed by atoms with Crippen LogP contribution in [0.1, 0.15) is 27.0 Å². The van der Waals surface area contributed by atoms with Crippen molar-refractivity contribution in [2.75, 3.05) is 0 Å². The van der Waals surface area contributed by atoms with E-state index in [-0.39, 0.29) is 29.8 Å². The Morgan fingerprint density at radius 3 is 2.44 bits per heavy atom. The third kappa shape index (κ3) is 4.83. The van der Waals surface area contributed by atoms with Crippen molar-refractivity contribution in [1.29, 1.82) is 5.41 Å². The maximum Gasteiger partial charge on any atom is 0.293 e. The summed E-state index contributed by atoms with van der Waals surface area (Å²) >= 11 is 0. The van der Waals surface area contributed by atoms with Crippen molar-refractivity contribution in [3.05, 3.63) is 113 Å². The molecule has 5 nitrogen and oxygen atoms in total. The highest BCUT2D eigenvalue weighted by Crippen LogP contribution is 2.27. The second-order valence-electron chi connectivity index (χ2n) is 7.52. The number of hydrogen-bond donors (Lipinski definition) is 2. The number of nitrogens with zero attached hydrogens (tertiary/aromatic N) is 1. The van der Waals surface area contributed by atoms with Gasteiger partial charge in [0.1, 0.15) is 17.9 Å². The molecular weight excluding hydrogens is 412 g/mol. The van der Waals surface area contributed by atoms with Gasteiger partial charge < -0.3 is 9.73 Å². The molecule has 0 spiro atoms. The number of carbonyl (C=O) groups is 1. The topological polar surface area (TPSA) is 71.0 Å². The molecule has 2 N–H and O–H groups in total. The zero-order valence-corrected chi connectivity index (χ0v) is 17.4. The van der Waals surface area contributed by atoms with E-state index in [1.165, 1.54) is 30.5 Å². The second kappa shape index (κ2) is 9.01. The molecule has 162 valence electrons. The Kier molecular flexibility index (Phi) is 5.98. The number of carbonyl (C=O) groups excluding carboxylic acids is 1. The van der Waals surface area contributed by atoms with Crippen LogP contribution in [-0.2, 0) is 13.1 Å². The van der Waals surface area contributed by atoms with Gasteiger partial charge in [0.15, 0.2) is 0 Å². The van der Waals surface area contributed by atoms with Gasteiger partial charge in [-0.15, -0.1) is 0 Å². The lowest BCUT2D eigenvalue weighted by Gasteiger charge is -2.13. The molecule has 0 bridgehead atoms. The number of aryl methyl sites for hydroxylation is 1. The zero-order chi connectivity index (χ0) is 22.7. The van der Waals surface area contributed by atoms with Crippen molar-refractivity contribution in [3.8, 4) is 11.1 Å². The maximum absolute atomic E-state index is 13.6. The third-order valence-corrected chi connectivity index (χ3v) is 5.16. The summed E-state index contributed by atoms with van der Waals surface area (Å²) in [6.07, 6.45) is 3.07. The lowest BCUT2D eigenvalue weighted by Crippen LogP contribution is -2.23. The highest BCUT2D eigenvalue weighted by molar-refractivity contribution is 5.95. The lowest BCUT2D eigenvalue weighted by atomic mass is 9.96. The minimum Gasteiger partial charge on any atom is -0.432 e. The number of rotatable bonds is 6. The minimum absolute atomic E-state index is 0.00400. The highest BCUT2D eigenvalue weighted by atomic mass is 19.1. The standard InChI is InChI=1S/C25H21F2N3O2/c1-16-10-22(27)6-7-23(16)19-11-18(15-30-8-9-32-25(30)28)12-20(13-19)24(31)29-14-17-2-4-21(26)5-3-17/h2-13,28H,14-15H2,1H3,(H,29,31). The zero-order valence-electron chi connectivity index (χ0n) is 17.4. The summed E-state index contributed by atoms with van der Waals surface area (Å²) in [5, 5.41) is 10.7. The molecule has 1 aromatic heterocycles. The smallest absolute Gasteiger partial charge is 0.293 e.